The molecule has 8 heteroatoms. The highest BCUT2D eigenvalue weighted by molar-refractivity contribution is 7.17. The van der Waals surface area contributed by atoms with Crippen LogP contribution in [0.2, 0.25) is 0 Å². The number of methoxy groups -OCH3 is 1. The zero-order valence-electron chi connectivity index (χ0n) is 16.8. The first-order valence-electron chi connectivity index (χ1n) is 10.3. The van der Waals surface area contributed by atoms with Crippen molar-refractivity contribution >= 4 is 39.0 Å². The van der Waals surface area contributed by atoms with E-state index in [-0.39, 0.29) is 0 Å². The van der Waals surface area contributed by atoms with Crippen molar-refractivity contribution in [1.29, 1.82) is 0 Å². The lowest BCUT2D eigenvalue weighted by molar-refractivity contribution is 0.414. The molecule has 1 aromatic carbocycles. The van der Waals surface area contributed by atoms with Crippen LogP contribution in [-0.2, 0) is 0 Å². The van der Waals surface area contributed by atoms with E-state index in [2.05, 4.69) is 26.1 Å². The summed E-state index contributed by atoms with van der Waals surface area (Å²) in [6, 6.07) is 10.3. The maximum Gasteiger partial charge on any atom is 0.229 e. The Labute approximate surface area is 179 Å². The minimum absolute atomic E-state index is 0.490. The molecule has 1 saturated carbocycles. The number of ether oxygens (including phenoxy) is 1. The first kappa shape index (κ1) is 18.9. The number of thiophene rings is 1. The molecule has 3 heterocycles. The lowest BCUT2D eigenvalue weighted by Gasteiger charge is -2.23. The molecule has 1 aliphatic rings. The molecule has 5 rings (SSSR count). The maximum atomic E-state index is 5.22. The monoisotopic (exact) mass is 420 g/mol. The van der Waals surface area contributed by atoms with Crippen LogP contribution in [0.4, 0.5) is 17.5 Å². The predicted octanol–water partition coefficient (Wildman–Crippen LogP) is 5.37. The zero-order chi connectivity index (χ0) is 20.3. The minimum Gasteiger partial charge on any atom is -0.497 e. The van der Waals surface area contributed by atoms with Gasteiger partial charge in [-0.1, -0.05) is 19.3 Å². The number of nitrogens with one attached hydrogen (secondary N) is 2. The van der Waals surface area contributed by atoms with Crippen LogP contribution < -0.4 is 15.4 Å². The first-order valence-corrected chi connectivity index (χ1v) is 11.1. The molecule has 0 spiro atoms. The fraction of sp³-hybridized carbons (Fsp3) is 0.318. The molecular formula is C22H24N6OS. The average molecular weight is 421 g/mol. The van der Waals surface area contributed by atoms with Gasteiger partial charge < -0.3 is 15.4 Å². The highest BCUT2D eigenvalue weighted by Gasteiger charge is 2.17. The molecule has 7 nitrogen and oxygen atoms in total. The van der Waals surface area contributed by atoms with E-state index in [1.165, 1.54) is 32.1 Å². The molecule has 154 valence electrons. The SMILES string of the molecule is COc1ccc(-n2cc(Nc3nc(NC4CCCCC4)c4sccc4n3)cn2)cc1. The molecule has 0 radical (unpaired) electrons. The Morgan fingerprint density at radius 3 is 2.70 bits per heavy atom. The number of aromatic nitrogens is 4. The van der Waals surface area contributed by atoms with Gasteiger partial charge >= 0.3 is 0 Å². The van der Waals surface area contributed by atoms with Crippen LogP contribution in [0, 0.1) is 0 Å². The van der Waals surface area contributed by atoms with Crippen LogP contribution >= 0.6 is 11.3 Å². The first-order chi connectivity index (χ1) is 14.8. The number of hydrogen-bond donors (Lipinski definition) is 2. The van der Waals surface area contributed by atoms with Gasteiger partial charge in [-0.05, 0) is 48.6 Å². The van der Waals surface area contributed by atoms with E-state index in [1.807, 2.05) is 41.2 Å². The fourth-order valence-electron chi connectivity index (χ4n) is 3.85. The standard InChI is InChI=1S/C22H24N6OS/c1-29-18-9-7-17(8-10-18)28-14-16(13-23-28)25-22-26-19-11-12-30-20(19)21(27-22)24-15-5-3-2-4-6-15/h7-15H,2-6H2,1H3,(H2,24,25,26,27). The van der Waals surface area contributed by atoms with E-state index in [0.717, 1.165) is 33.2 Å². The molecule has 3 aromatic heterocycles. The molecule has 0 bridgehead atoms. The van der Waals surface area contributed by atoms with E-state index in [4.69, 9.17) is 9.72 Å². The normalized spacial score (nSPS) is 14.7. The van der Waals surface area contributed by atoms with Gasteiger partial charge in [-0.15, -0.1) is 11.3 Å². The van der Waals surface area contributed by atoms with Crippen molar-refractivity contribution in [2.45, 2.75) is 38.1 Å². The second-order valence-corrected chi connectivity index (χ2v) is 8.42. The molecule has 0 aliphatic heterocycles. The van der Waals surface area contributed by atoms with Gasteiger partial charge in [0, 0.05) is 6.04 Å². The minimum atomic E-state index is 0.490. The van der Waals surface area contributed by atoms with Crippen molar-refractivity contribution in [2.75, 3.05) is 17.7 Å². The summed E-state index contributed by atoms with van der Waals surface area (Å²) in [5.41, 5.74) is 2.75. The average Bonchev–Trinajstić information content (AvgIpc) is 3.44. The van der Waals surface area contributed by atoms with Gasteiger partial charge in [0.05, 0.1) is 41.1 Å². The van der Waals surface area contributed by atoms with Crippen molar-refractivity contribution in [1.82, 2.24) is 19.7 Å². The Bertz CT molecular complexity index is 1130. The van der Waals surface area contributed by atoms with Crippen molar-refractivity contribution in [3.63, 3.8) is 0 Å². The number of hydrogen-bond acceptors (Lipinski definition) is 7. The van der Waals surface area contributed by atoms with Crippen LogP contribution in [0.3, 0.4) is 0 Å². The summed E-state index contributed by atoms with van der Waals surface area (Å²) < 4.78 is 8.14. The zero-order valence-corrected chi connectivity index (χ0v) is 17.7. The van der Waals surface area contributed by atoms with Crippen LogP contribution in [0.5, 0.6) is 5.75 Å². The fourth-order valence-corrected chi connectivity index (χ4v) is 4.63. The largest absolute Gasteiger partial charge is 0.497 e. The quantitative estimate of drug-likeness (QED) is 0.436. The molecular weight excluding hydrogens is 396 g/mol. The van der Waals surface area contributed by atoms with E-state index in [0.29, 0.717) is 12.0 Å². The van der Waals surface area contributed by atoms with Crippen LogP contribution in [0.1, 0.15) is 32.1 Å². The Morgan fingerprint density at radius 1 is 1.07 bits per heavy atom. The predicted molar refractivity (Wildman–Crippen MR) is 121 cm³/mol. The number of nitrogens with zero attached hydrogens (tertiary/aromatic N) is 4. The van der Waals surface area contributed by atoms with E-state index in [1.54, 1.807) is 24.6 Å². The van der Waals surface area contributed by atoms with Crippen molar-refractivity contribution in [3.05, 3.63) is 48.1 Å². The van der Waals surface area contributed by atoms with Gasteiger partial charge in [0.2, 0.25) is 5.95 Å². The van der Waals surface area contributed by atoms with E-state index >= 15 is 0 Å². The number of fused-ring (bicyclic) bond motifs is 1. The number of rotatable bonds is 6. The van der Waals surface area contributed by atoms with Gasteiger partial charge in [-0.25, -0.2) is 9.67 Å². The molecule has 30 heavy (non-hydrogen) atoms. The summed E-state index contributed by atoms with van der Waals surface area (Å²) in [5.74, 6) is 2.32. The van der Waals surface area contributed by atoms with Crippen molar-refractivity contribution in [2.24, 2.45) is 0 Å². The lowest BCUT2D eigenvalue weighted by atomic mass is 9.95. The molecule has 0 unspecified atom stereocenters. The van der Waals surface area contributed by atoms with Gasteiger partial charge in [0.25, 0.3) is 0 Å². The Hall–Kier alpha value is -3.13. The summed E-state index contributed by atoms with van der Waals surface area (Å²) in [7, 11) is 1.66. The Morgan fingerprint density at radius 2 is 1.90 bits per heavy atom. The second kappa shape index (κ2) is 8.31. The van der Waals surface area contributed by atoms with Crippen LogP contribution in [-0.4, -0.2) is 32.9 Å². The summed E-state index contributed by atoms with van der Waals surface area (Å²) in [4.78, 5) is 9.47. The Balaban J connectivity index is 1.38. The Kier molecular flexibility index (Phi) is 5.23. The molecule has 2 N–H and O–H groups in total. The third-order valence-electron chi connectivity index (χ3n) is 5.43. The van der Waals surface area contributed by atoms with Gasteiger partial charge in [0.15, 0.2) is 0 Å². The third-order valence-corrected chi connectivity index (χ3v) is 6.34. The number of benzene rings is 1. The highest BCUT2D eigenvalue weighted by atomic mass is 32.1. The molecule has 1 aliphatic carbocycles. The molecule has 1 fully saturated rings. The van der Waals surface area contributed by atoms with Crippen LogP contribution in [0.25, 0.3) is 15.9 Å². The number of anilines is 3. The molecule has 0 saturated heterocycles. The molecule has 0 amide bonds. The summed E-state index contributed by atoms with van der Waals surface area (Å²) >= 11 is 1.68. The van der Waals surface area contributed by atoms with Gasteiger partial charge in [-0.3, -0.25) is 0 Å². The van der Waals surface area contributed by atoms with Gasteiger partial charge in [0.1, 0.15) is 11.6 Å². The summed E-state index contributed by atoms with van der Waals surface area (Å²) in [6.07, 6.45) is 10.0. The van der Waals surface area contributed by atoms with Gasteiger partial charge in [-0.2, -0.15) is 10.1 Å². The topological polar surface area (TPSA) is 76.9 Å². The summed E-state index contributed by atoms with van der Waals surface area (Å²) in [5, 5.41) is 13.5. The lowest BCUT2D eigenvalue weighted by Crippen LogP contribution is -2.23. The molecule has 4 aromatic rings. The van der Waals surface area contributed by atoms with Crippen molar-refractivity contribution in [3.8, 4) is 11.4 Å². The van der Waals surface area contributed by atoms with E-state index < -0.39 is 0 Å². The van der Waals surface area contributed by atoms with Crippen molar-refractivity contribution < 1.29 is 4.74 Å². The summed E-state index contributed by atoms with van der Waals surface area (Å²) in [6.45, 7) is 0. The maximum absolute atomic E-state index is 5.22. The second-order valence-electron chi connectivity index (χ2n) is 7.51. The van der Waals surface area contributed by atoms with E-state index in [9.17, 15) is 0 Å². The molecule has 0 atom stereocenters. The van der Waals surface area contributed by atoms with Crippen LogP contribution in [0.15, 0.2) is 48.1 Å². The highest BCUT2D eigenvalue weighted by Crippen LogP contribution is 2.30. The third kappa shape index (κ3) is 3.95. The smallest absolute Gasteiger partial charge is 0.229 e.